The Bertz CT molecular complexity index is 707. The van der Waals surface area contributed by atoms with Crippen LogP contribution in [0.25, 0.3) is 0 Å². The van der Waals surface area contributed by atoms with Gasteiger partial charge in [0, 0.05) is 30.5 Å². The van der Waals surface area contributed by atoms with E-state index in [1.807, 2.05) is 14.1 Å². The quantitative estimate of drug-likeness (QED) is 0.805. The molecule has 1 aromatic heterocycles. The molecule has 0 radical (unpaired) electrons. The van der Waals surface area contributed by atoms with Crippen LogP contribution in [-0.2, 0) is 0 Å². The maximum atomic E-state index is 12.4. The highest BCUT2D eigenvalue weighted by molar-refractivity contribution is 6.31. The van der Waals surface area contributed by atoms with Gasteiger partial charge in [-0.15, -0.1) is 0 Å². The van der Waals surface area contributed by atoms with E-state index >= 15 is 0 Å². The van der Waals surface area contributed by atoms with E-state index < -0.39 is 0 Å². The summed E-state index contributed by atoms with van der Waals surface area (Å²) >= 11 is 5.98. The molecular weight excluding hydrogens is 328 g/mol. The first-order valence-electron chi connectivity index (χ1n) is 7.48. The Morgan fingerprint density at radius 2 is 2.08 bits per heavy atom. The fraction of sp³-hybridized carbons (Fsp3) is 0.294. The third kappa shape index (κ3) is 5.11. The van der Waals surface area contributed by atoms with Gasteiger partial charge in [0.1, 0.15) is 5.75 Å². The van der Waals surface area contributed by atoms with Crippen molar-refractivity contribution in [3.8, 4) is 5.75 Å². The number of rotatable bonds is 7. The molecule has 0 atom stereocenters. The molecule has 2 rings (SSSR count). The zero-order valence-electron chi connectivity index (χ0n) is 14.0. The van der Waals surface area contributed by atoms with Crippen LogP contribution in [0.3, 0.4) is 0 Å². The summed E-state index contributed by atoms with van der Waals surface area (Å²) in [6.07, 6.45) is 3.20. The van der Waals surface area contributed by atoms with Gasteiger partial charge in [-0.2, -0.15) is 0 Å². The van der Waals surface area contributed by atoms with Crippen LogP contribution in [0.4, 0.5) is 11.4 Å². The number of anilines is 2. The number of nitrogens with zero attached hydrogens (tertiary/aromatic N) is 2. The molecule has 1 heterocycles. The van der Waals surface area contributed by atoms with E-state index in [2.05, 4.69) is 20.5 Å². The van der Waals surface area contributed by atoms with Gasteiger partial charge in [-0.1, -0.05) is 11.6 Å². The number of hydrogen-bond acceptors (Lipinski definition) is 5. The number of likely N-dealkylation sites (N-methyl/N-ethyl adjacent to an activating group) is 1. The van der Waals surface area contributed by atoms with Gasteiger partial charge in [-0.05, 0) is 38.4 Å². The second-order valence-electron chi connectivity index (χ2n) is 5.49. The van der Waals surface area contributed by atoms with Crippen LogP contribution in [0.5, 0.6) is 5.75 Å². The molecule has 0 aliphatic rings. The van der Waals surface area contributed by atoms with Crippen molar-refractivity contribution in [2.24, 2.45) is 0 Å². The highest BCUT2D eigenvalue weighted by Crippen LogP contribution is 2.28. The Morgan fingerprint density at radius 1 is 1.29 bits per heavy atom. The fourth-order valence-corrected chi connectivity index (χ4v) is 2.23. The van der Waals surface area contributed by atoms with E-state index in [9.17, 15) is 4.79 Å². The van der Waals surface area contributed by atoms with Gasteiger partial charge in [-0.3, -0.25) is 9.78 Å². The molecule has 128 valence electrons. The highest BCUT2D eigenvalue weighted by Gasteiger charge is 2.11. The van der Waals surface area contributed by atoms with Crippen LogP contribution < -0.4 is 15.4 Å². The lowest BCUT2D eigenvalue weighted by molar-refractivity contribution is 0.102. The number of benzene rings is 1. The van der Waals surface area contributed by atoms with Crippen molar-refractivity contribution in [1.29, 1.82) is 0 Å². The van der Waals surface area contributed by atoms with Gasteiger partial charge in [0.05, 0.1) is 24.0 Å². The molecule has 0 saturated heterocycles. The second kappa shape index (κ2) is 8.52. The molecule has 0 spiro atoms. The molecule has 0 aliphatic carbocycles. The van der Waals surface area contributed by atoms with Gasteiger partial charge >= 0.3 is 0 Å². The Morgan fingerprint density at radius 3 is 2.79 bits per heavy atom. The first-order chi connectivity index (χ1) is 11.5. The third-order valence-electron chi connectivity index (χ3n) is 3.30. The van der Waals surface area contributed by atoms with Crippen molar-refractivity contribution < 1.29 is 9.53 Å². The summed E-state index contributed by atoms with van der Waals surface area (Å²) in [4.78, 5) is 18.6. The molecule has 0 bridgehead atoms. The number of nitrogens with one attached hydrogen (secondary N) is 2. The molecule has 1 amide bonds. The molecule has 2 aromatic rings. The number of pyridine rings is 1. The third-order valence-corrected chi connectivity index (χ3v) is 3.53. The Balaban J connectivity index is 2.08. The maximum Gasteiger partial charge on any atom is 0.257 e. The van der Waals surface area contributed by atoms with Crippen LogP contribution >= 0.6 is 11.6 Å². The number of hydrogen-bond donors (Lipinski definition) is 2. The molecule has 0 fully saturated rings. The van der Waals surface area contributed by atoms with Crippen molar-refractivity contribution in [3.63, 3.8) is 0 Å². The minimum Gasteiger partial charge on any atom is -0.495 e. The lowest BCUT2D eigenvalue weighted by atomic mass is 10.2. The first kappa shape index (κ1) is 18.0. The predicted octanol–water partition coefficient (Wildman–Crippen LogP) is 2.97. The minimum absolute atomic E-state index is 0.278. The lowest BCUT2D eigenvalue weighted by Gasteiger charge is -2.13. The summed E-state index contributed by atoms with van der Waals surface area (Å²) in [5.74, 6) is 0.264. The van der Waals surface area contributed by atoms with Crippen molar-refractivity contribution in [2.75, 3.05) is 44.9 Å². The van der Waals surface area contributed by atoms with Crippen LogP contribution in [0.15, 0.2) is 36.7 Å². The van der Waals surface area contributed by atoms with E-state index in [0.717, 1.165) is 18.8 Å². The molecule has 0 saturated carbocycles. The Hall–Kier alpha value is -2.31. The molecule has 7 heteroatoms. The number of aromatic nitrogens is 1. The summed E-state index contributed by atoms with van der Waals surface area (Å²) in [7, 11) is 5.54. The lowest BCUT2D eigenvalue weighted by Crippen LogP contribution is -2.21. The van der Waals surface area contributed by atoms with Crippen LogP contribution in [0.1, 0.15) is 10.4 Å². The van der Waals surface area contributed by atoms with E-state index in [-0.39, 0.29) is 5.91 Å². The van der Waals surface area contributed by atoms with Gasteiger partial charge in [0.25, 0.3) is 5.91 Å². The van der Waals surface area contributed by atoms with E-state index in [1.165, 1.54) is 13.3 Å². The summed E-state index contributed by atoms with van der Waals surface area (Å²) in [5, 5.41) is 6.55. The van der Waals surface area contributed by atoms with Gasteiger partial charge in [0.15, 0.2) is 0 Å². The van der Waals surface area contributed by atoms with Crippen molar-refractivity contribution in [2.45, 2.75) is 0 Å². The molecule has 24 heavy (non-hydrogen) atoms. The van der Waals surface area contributed by atoms with E-state index in [0.29, 0.717) is 22.0 Å². The van der Waals surface area contributed by atoms with E-state index in [1.54, 1.807) is 30.5 Å². The number of carbonyl (C=O) groups is 1. The summed E-state index contributed by atoms with van der Waals surface area (Å²) < 4.78 is 5.23. The van der Waals surface area contributed by atoms with Crippen LogP contribution in [0, 0.1) is 0 Å². The topological polar surface area (TPSA) is 66.5 Å². The van der Waals surface area contributed by atoms with Gasteiger partial charge in [-0.25, -0.2) is 0 Å². The molecule has 6 nitrogen and oxygen atoms in total. The number of carbonyl (C=O) groups excluding carboxylic acids is 1. The average Bonchev–Trinajstić information content (AvgIpc) is 2.55. The fourth-order valence-electron chi connectivity index (χ4n) is 2.06. The summed E-state index contributed by atoms with van der Waals surface area (Å²) in [6.45, 7) is 1.65. The SMILES string of the molecule is COc1ccc(Cl)cc1NC(=O)c1cncc(NCCN(C)C)c1. The van der Waals surface area contributed by atoms with Gasteiger partial charge < -0.3 is 20.3 Å². The smallest absolute Gasteiger partial charge is 0.257 e. The van der Waals surface area contributed by atoms with Crippen molar-refractivity contribution >= 4 is 28.9 Å². The molecule has 0 aliphatic heterocycles. The number of amides is 1. The Labute approximate surface area is 146 Å². The zero-order valence-corrected chi connectivity index (χ0v) is 14.7. The van der Waals surface area contributed by atoms with Crippen molar-refractivity contribution in [1.82, 2.24) is 9.88 Å². The van der Waals surface area contributed by atoms with Crippen LogP contribution in [-0.4, -0.2) is 50.1 Å². The van der Waals surface area contributed by atoms with Crippen LogP contribution in [0.2, 0.25) is 5.02 Å². The molecular formula is C17H21ClN4O2. The highest BCUT2D eigenvalue weighted by atomic mass is 35.5. The molecule has 2 N–H and O–H groups in total. The summed E-state index contributed by atoms with van der Waals surface area (Å²) in [5.41, 5.74) is 1.76. The summed E-state index contributed by atoms with van der Waals surface area (Å²) in [6, 6.07) is 6.81. The number of ether oxygens (including phenoxy) is 1. The standard InChI is InChI=1S/C17H21ClN4O2/c1-22(2)7-6-20-14-8-12(10-19-11-14)17(23)21-15-9-13(18)4-5-16(15)24-3/h4-5,8-11,20H,6-7H2,1-3H3,(H,21,23). The monoisotopic (exact) mass is 348 g/mol. The Kier molecular flexibility index (Phi) is 6.40. The molecule has 1 aromatic carbocycles. The predicted molar refractivity (Wildman–Crippen MR) is 97.2 cm³/mol. The number of methoxy groups -OCH3 is 1. The molecule has 0 unspecified atom stereocenters. The van der Waals surface area contributed by atoms with E-state index in [4.69, 9.17) is 16.3 Å². The average molecular weight is 349 g/mol. The normalized spacial score (nSPS) is 10.5. The number of halogens is 1. The maximum absolute atomic E-state index is 12.4. The second-order valence-corrected chi connectivity index (χ2v) is 5.93. The first-order valence-corrected chi connectivity index (χ1v) is 7.86. The van der Waals surface area contributed by atoms with Gasteiger partial charge in [0.2, 0.25) is 0 Å². The zero-order chi connectivity index (χ0) is 17.5. The minimum atomic E-state index is -0.278. The van der Waals surface area contributed by atoms with Crippen molar-refractivity contribution in [3.05, 3.63) is 47.2 Å². The largest absolute Gasteiger partial charge is 0.495 e.